The Bertz CT molecular complexity index is 228. The van der Waals surface area contributed by atoms with E-state index in [1.165, 1.54) is 0 Å². The van der Waals surface area contributed by atoms with E-state index in [0.717, 1.165) is 0 Å². The third kappa shape index (κ3) is 2.42. The topological polar surface area (TPSA) is 77.8 Å². The average Bonchev–Trinajstić information content (AvgIpc) is 2.29. The molecule has 1 saturated heterocycles. The lowest BCUT2D eigenvalue weighted by Crippen LogP contribution is -2.24. The van der Waals surface area contributed by atoms with Crippen molar-refractivity contribution in [2.45, 2.75) is 6.42 Å². The van der Waals surface area contributed by atoms with Crippen molar-refractivity contribution in [3.63, 3.8) is 0 Å². The van der Waals surface area contributed by atoms with Crippen LogP contribution < -0.4 is 0 Å². The van der Waals surface area contributed by atoms with Crippen LogP contribution in [-0.2, 0) is 9.59 Å². The Hall–Kier alpha value is -1.10. The van der Waals surface area contributed by atoms with E-state index in [1.807, 2.05) is 4.90 Å². The van der Waals surface area contributed by atoms with E-state index in [-0.39, 0.29) is 12.3 Å². The number of hydrogen-bond acceptors (Lipinski definition) is 3. The summed E-state index contributed by atoms with van der Waals surface area (Å²) in [5.41, 5.74) is 0. The van der Waals surface area contributed by atoms with Crippen LogP contribution in [0.15, 0.2) is 0 Å². The van der Waals surface area contributed by atoms with Gasteiger partial charge in [0.05, 0.1) is 12.3 Å². The highest BCUT2D eigenvalue weighted by Gasteiger charge is 2.36. The van der Waals surface area contributed by atoms with Gasteiger partial charge in [-0.15, -0.1) is 0 Å². The second kappa shape index (κ2) is 3.74. The first-order valence-electron chi connectivity index (χ1n) is 4.14. The highest BCUT2D eigenvalue weighted by atomic mass is 16.4. The third-order valence-electron chi connectivity index (χ3n) is 2.38. The molecule has 1 aliphatic heterocycles. The molecule has 1 aliphatic rings. The highest BCUT2D eigenvalue weighted by Crippen LogP contribution is 2.25. The van der Waals surface area contributed by atoms with Crippen molar-refractivity contribution in [2.75, 3.05) is 20.1 Å². The van der Waals surface area contributed by atoms with Gasteiger partial charge in [-0.1, -0.05) is 0 Å². The van der Waals surface area contributed by atoms with Crippen molar-refractivity contribution in [3.8, 4) is 0 Å². The van der Waals surface area contributed by atoms with Gasteiger partial charge in [0.2, 0.25) is 0 Å². The molecule has 0 saturated carbocycles. The largest absolute Gasteiger partial charge is 0.481 e. The molecule has 0 aromatic rings. The van der Waals surface area contributed by atoms with Crippen molar-refractivity contribution in [1.29, 1.82) is 0 Å². The molecule has 1 fully saturated rings. The lowest BCUT2D eigenvalue weighted by molar-refractivity contribution is -0.143. The van der Waals surface area contributed by atoms with E-state index in [2.05, 4.69) is 0 Å². The minimum atomic E-state index is -0.924. The molecule has 0 aliphatic carbocycles. The first-order chi connectivity index (χ1) is 6.00. The number of aliphatic carboxylic acids is 2. The molecule has 0 aromatic heterocycles. The molecule has 2 atom stereocenters. The summed E-state index contributed by atoms with van der Waals surface area (Å²) >= 11 is 0. The Kier molecular flexibility index (Phi) is 2.87. The lowest BCUT2D eigenvalue weighted by atomic mass is 9.93. The quantitative estimate of drug-likeness (QED) is 0.635. The fourth-order valence-electron chi connectivity index (χ4n) is 1.80. The van der Waals surface area contributed by atoms with E-state index in [9.17, 15) is 9.59 Å². The smallest absolute Gasteiger partial charge is 0.308 e. The molecule has 2 N–H and O–H groups in total. The first-order valence-corrected chi connectivity index (χ1v) is 4.14. The molecular formula is C8H13NO4. The van der Waals surface area contributed by atoms with E-state index in [1.54, 1.807) is 7.05 Å². The number of carboxylic acids is 2. The first kappa shape index (κ1) is 9.98. The Labute approximate surface area is 76.0 Å². The van der Waals surface area contributed by atoms with Crippen LogP contribution in [0.3, 0.4) is 0 Å². The number of likely N-dealkylation sites (tertiary alicyclic amines) is 1. The van der Waals surface area contributed by atoms with Gasteiger partial charge in [0, 0.05) is 13.1 Å². The molecule has 0 unspecified atom stereocenters. The van der Waals surface area contributed by atoms with Crippen molar-refractivity contribution in [2.24, 2.45) is 11.8 Å². The van der Waals surface area contributed by atoms with Crippen LogP contribution >= 0.6 is 0 Å². The summed E-state index contributed by atoms with van der Waals surface area (Å²) in [6, 6.07) is 0. The molecule has 13 heavy (non-hydrogen) atoms. The zero-order chi connectivity index (χ0) is 10.0. The van der Waals surface area contributed by atoms with Gasteiger partial charge >= 0.3 is 11.9 Å². The predicted molar refractivity (Wildman–Crippen MR) is 44.4 cm³/mol. The summed E-state index contributed by atoms with van der Waals surface area (Å²) in [5.74, 6) is -2.59. The van der Waals surface area contributed by atoms with Crippen LogP contribution in [0.25, 0.3) is 0 Å². The van der Waals surface area contributed by atoms with Gasteiger partial charge in [0.25, 0.3) is 0 Å². The van der Waals surface area contributed by atoms with Crippen LogP contribution in [-0.4, -0.2) is 47.2 Å². The number of rotatable bonds is 3. The van der Waals surface area contributed by atoms with E-state index in [0.29, 0.717) is 13.1 Å². The van der Waals surface area contributed by atoms with E-state index >= 15 is 0 Å². The highest BCUT2D eigenvalue weighted by molar-refractivity contribution is 5.73. The Morgan fingerprint density at radius 1 is 1.38 bits per heavy atom. The molecule has 0 bridgehead atoms. The van der Waals surface area contributed by atoms with Crippen molar-refractivity contribution < 1.29 is 19.8 Å². The van der Waals surface area contributed by atoms with Gasteiger partial charge in [0.15, 0.2) is 0 Å². The summed E-state index contributed by atoms with van der Waals surface area (Å²) in [6.45, 7) is 1.01. The van der Waals surface area contributed by atoms with Gasteiger partial charge < -0.3 is 15.1 Å². The molecular weight excluding hydrogens is 174 g/mol. The minimum Gasteiger partial charge on any atom is -0.481 e. The fraction of sp³-hybridized carbons (Fsp3) is 0.750. The van der Waals surface area contributed by atoms with Crippen molar-refractivity contribution in [3.05, 3.63) is 0 Å². The molecule has 5 heteroatoms. The molecule has 0 amide bonds. The second-order valence-electron chi connectivity index (χ2n) is 3.52. The van der Waals surface area contributed by atoms with Gasteiger partial charge in [-0.25, -0.2) is 0 Å². The molecule has 1 heterocycles. The molecule has 74 valence electrons. The van der Waals surface area contributed by atoms with Crippen LogP contribution in [0.4, 0.5) is 0 Å². The Balaban J connectivity index is 2.60. The van der Waals surface area contributed by atoms with Crippen LogP contribution in [0.2, 0.25) is 0 Å². The van der Waals surface area contributed by atoms with Crippen LogP contribution in [0.5, 0.6) is 0 Å². The maximum atomic E-state index is 10.7. The second-order valence-corrected chi connectivity index (χ2v) is 3.52. The van der Waals surface area contributed by atoms with Gasteiger partial charge in [0.1, 0.15) is 0 Å². The summed E-state index contributed by atoms with van der Waals surface area (Å²) in [5, 5.41) is 17.3. The SMILES string of the molecule is CN1C[C@H](CC(=O)O)[C@H](C(=O)O)C1. The van der Waals surface area contributed by atoms with E-state index < -0.39 is 17.9 Å². The summed E-state index contributed by atoms with van der Waals surface area (Å²) in [4.78, 5) is 23.0. The molecule has 0 radical (unpaired) electrons. The summed E-state index contributed by atoms with van der Waals surface area (Å²) < 4.78 is 0. The number of nitrogens with zero attached hydrogens (tertiary/aromatic N) is 1. The maximum Gasteiger partial charge on any atom is 0.308 e. The Morgan fingerprint density at radius 3 is 2.46 bits per heavy atom. The monoisotopic (exact) mass is 187 g/mol. The molecule has 0 aromatic carbocycles. The Morgan fingerprint density at radius 2 is 2.00 bits per heavy atom. The fourth-order valence-corrected chi connectivity index (χ4v) is 1.80. The summed E-state index contributed by atoms with van der Waals surface area (Å²) in [6.07, 6.45) is -0.0543. The molecule has 5 nitrogen and oxygen atoms in total. The zero-order valence-electron chi connectivity index (χ0n) is 7.43. The van der Waals surface area contributed by atoms with Gasteiger partial charge in [-0.3, -0.25) is 9.59 Å². The normalized spacial score (nSPS) is 29.0. The lowest BCUT2D eigenvalue weighted by Gasteiger charge is -2.10. The van der Waals surface area contributed by atoms with Crippen LogP contribution in [0.1, 0.15) is 6.42 Å². The van der Waals surface area contributed by atoms with Gasteiger partial charge in [-0.05, 0) is 13.0 Å². The molecule has 0 spiro atoms. The minimum absolute atomic E-state index is 0.0543. The molecule has 1 rings (SSSR count). The average molecular weight is 187 g/mol. The van der Waals surface area contributed by atoms with Gasteiger partial charge in [-0.2, -0.15) is 0 Å². The summed E-state index contributed by atoms with van der Waals surface area (Å²) in [7, 11) is 1.80. The predicted octanol–water partition coefficient (Wildman–Crippen LogP) is -0.276. The third-order valence-corrected chi connectivity index (χ3v) is 2.38. The van der Waals surface area contributed by atoms with Crippen LogP contribution in [0, 0.1) is 11.8 Å². The number of carbonyl (C=O) groups is 2. The van der Waals surface area contributed by atoms with Crippen molar-refractivity contribution in [1.82, 2.24) is 4.90 Å². The zero-order valence-corrected chi connectivity index (χ0v) is 7.43. The maximum absolute atomic E-state index is 10.7. The number of carboxylic acid groups (broad SMARTS) is 2. The number of hydrogen-bond donors (Lipinski definition) is 2. The van der Waals surface area contributed by atoms with Crippen molar-refractivity contribution >= 4 is 11.9 Å². The standard InChI is InChI=1S/C8H13NO4/c1-9-3-5(2-7(10)11)6(4-9)8(12)13/h5-6H,2-4H2,1H3,(H,10,11)(H,12,13)/t5-,6+/m0/s1. The van der Waals surface area contributed by atoms with E-state index in [4.69, 9.17) is 10.2 Å².